The van der Waals surface area contributed by atoms with Crippen LogP contribution in [0.1, 0.15) is 27.7 Å². The summed E-state index contributed by atoms with van der Waals surface area (Å²) in [5, 5.41) is 21.8. The van der Waals surface area contributed by atoms with Gasteiger partial charge in [-0.15, -0.1) is 11.3 Å². The lowest BCUT2D eigenvalue weighted by Crippen LogP contribution is -1.71. The van der Waals surface area contributed by atoms with Crippen molar-refractivity contribution in [3.63, 3.8) is 0 Å². The molecule has 0 aliphatic carbocycles. The van der Waals surface area contributed by atoms with E-state index in [0.717, 1.165) is 11.4 Å². The second-order valence-electron chi connectivity index (χ2n) is 3.78. The topological polar surface area (TPSA) is 112 Å². The Kier molecular flexibility index (Phi) is 7.40. The maximum atomic E-state index is 8.33. The van der Waals surface area contributed by atoms with Gasteiger partial charge in [0.2, 0.25) is 6.39 Å². The Morgan fingerprint density at radius 3 is 2.09 bits per heavy atom. The fourth-order valence-corrected chi connectivity index (χ4v) is 2.26. The number of aryl methyl sites for hydroxylation is 3. The first-order valence-corrected chi connectivity index (χ1v) is 7.64. The molecule has 0 unspecified atom stereocenters. The third-order valence-corrected chi connectivity index (χ3v) is 3.74. The summed E-state index contributed by atoms with van der Waals surface area (Å²) < 4.78 is 8.26. The van der Waals surface area contributed by atoms with Gasteiger partial charge >= 0.3 is 0 Å². The first-order valence-electron chi connectivity index (χ1n) is 5.92. The summed E-state index contributed by atoms with van der Waals surface area (Å²) in [5.74, 6) is 0.676. The van der Waals surface area contributed by atoms with Crippen molar-refractivity contribution in [1.82, 2.24) is 19.5 Å². The molecule has 22 heavy (non-hydrogen) atoms. The first-order chi connectivity index (χ1) is 10.6. The van der Waals surface area contributed by atoms with Gasteiger partial charge in [0.25, 0.3) is 0 Å². The standard InChI is InChI=1S/2C5H4N2S.C3H4N2O/c1-4-5(2-6)8-3-7-4;1-4-5(2-6)3-8-7-4;1-3-4-2-6-5-3/h2*3H,1H3;2H,1H3. The highest BCUT2D eigenvalue weighted by Crippen LogP contribution is 2.08. The molecule has 112 valence electrons. The number of thiazole rings is 1. The average molecular weight is 332 g/mol. The van der Waals surface area contributed by atoms with E-state index in [2.05, 4.69) is 24.0 Å². The van der Waals surface area contributed by atoms with E-state index in [9.17, 15) is 0 Å². The number of rotatable bonds is 0. The van der Waals surface area contributed by atoms with Gasteiger partial charge in [-0.1, -0.05) is 5.16 Å². The van der Waals surface area contributed by atoms with Crippen LogP contribution in [-0.4, -0.2) is 19.5 Å². The molecule has 0 fully saturated rings. The second-order valence-corrected chi connectivity index (χ2v) is 5.27. The summed E-state index contributed by atoms with van der Waals surface area (Å²) in [5.41, 5.74) is 4.03. The van der Waals surface area contributed by atoms with Crippen LogP contribution in [0.25, 0.3) is 0 Å². The molecule has 0 saturated heterocycles. The van der Waals surface area contributed by atoms with Gasteiger partial charge in [0.15, 0.2) is 5.82 Å². The van der Waals surface area contributed by atoms with E-state index in [1.165, 1.54) is 29.3 Å². The molecular weight excluding hydrogens is 320 g/mol. The fourth-order valence-electron chi connectivity index (χ4n) is 1.03. The van der Waals surface area contributed by atoms with Gasteiger partial charge in [-0.25, -0.2) is 4.98 Å². The van der Waals surface area contributed by atoms with Crippen LogP contribution in [0.4, 0.5) is 0 Å². The smallest absolute Gasteiger partial charge is 0.213 e. The minimum absolute atomic E-state index is 0.676. The Labute approximate surface area is 135 Å². The van der Waals surface area contributed by atoms with Crippen molar-refractivity contribution < 1.29 is 4.52 Å². The molecule has 0 saturated carbocycles. The lowest BCUT2D eigenvalue weighted by atomic mass is 10.3. The molecule has 0 aromatic carbocycles. The molecule has 3 aromatic rings. The van der Waals surface area contributed by atoms with Gasteiger partial charge in [0.05, 0.1) is 22.5 Å². The van der Waals surface area contributed by atoms with Crippen molar-refractivity contribution >= 4 is 22.9 Å². The zero-order valence-electron chi connectivity index (χ0n) is 12.1. The van der Waals surface area contributed by atoms with Crippen LogP contribution in [0.2, 0.25) is 0 Å². The van der Waals surface area contributed by atoms with Crippen LogP contribution < -0.4 is 0 Å². The molecule has 0 bridgehead atoms. The van der Waals surface area contributed by atoms with Gasteiger partial charge in [0, 0.05) is 5.38 Å². The highest BCUT2D eigenvalue weighted by molar-refractivity contribution is 7.10. The minimum Gasteiger partial charge on any atom is -0.343 e. The average Bonchev–Trinajstić information content (AvgIpc) is 3.23. The molecular formula is C13H12N6OS2. The monoisotopic (exact) mass is 332 g/mol. The maximum absolute atomic E-state index is 8.33. The Balaban J connectivity index is 0.000000167. The summed E-state index contributed by atoms with van der Waals surface area (Å²) in [6.45, 7) is 5.42. The number of hydrogen-bond acceptors (Lipinski definition) is 9. The molecule has 0 aliphatic heterocycles. The van der Waals surface area contributed by atoms with Crippen LogP contribution in [0.15, 0.2) is 21.8 Å². The van der Waals surface area contributed by atoms with E-state index in [0.29, 0.717) is 16.3 Å². The number of nitrogens with zero attached hydrogens (tertiary/aromatic N) is 6. The van der Waals surface area contributed by atoms with E-state index in [-0.39, 0.29) is 0 Å². The van der Waals surface area contributed by atoms with Crippen molar-refractivity contribution in [2.45, 2.75) is 20.8 Å². The molecule has 0 aliphatic rings. The van der Waals surface area contributed by atoms with E-state index < -0.39 is 0 Å². The van der Waals surface area contributed by atoms with Gasteiger partial charge < -0.3 is 4.52 Å². The Morgan fingerprint density at radius 2 is 1.86 bits per heavy atom. The summed E-state index contributed by atoms with van der Waals surface area (Å²) >= 11 is 2.70. The Morgan fingerprint density at radius 1 is 1.09 bits per heavy atom. The largest absolute Gasteiger partial charge is 0.343 e. The van der Waals surface area contributed by atoms with E-state index >= 15 is 0 Å². The first kappa shape index (κ1) is 17.4. The molecule has 9 heteroatoms. The molecule has 3 aromatic heterocycles. The quantitative estimate of drug-likeness (QED) is 0.621. The van der Waals surface area contributed by atoms with Gasteiger partial charge in [-0.3, -0.25) is 0 Å². The van der Waals surface area contributed by atoms with Crippen molar-refractivity contribution in [2.24, 2.45) is 0 Å². The maximum Gasteiger partial charge on any atom is 0.213 e. The van der Waals surface area contributed by atoms with Gasteiger partial charge in [-0.05, 0) is 32.3 Å². The van der Waals surface area contributed by atoms with Crippen LogP contribution in [0.5, 0.6) is 0 Å². The zero-order valence-corrected chi connectivity index (χ0v) is 13.8. The molecule has 0 N–H and O–H groups in total. The second kappa shape index (κ2) is 9.34. The van der Waals surface area contributed by atoms with Gasteiger partial charge in [-0.2, -0.15) is 19.9 Å². The number of aromatic nitrogens is 4. The molecule has 0 radical (unpaired) electrons. The summed E-state index contributed by atoms with van der Waals surface area (Å²) in [6.07, 6.45) is 1.30. The molecule has 0 atom stereocenters. The van der Waals surface area contributed by atoms with Gasteiger partial charge in [0.1, 0.15) is 17.0 Å². The van der Waals surface area contributed by atoms with Crippen molar-refractivity contribution in [3.05, 3.63) is 44.9 Å². The highest BCUT2D eigenvalue weighted by atomic mass is 32.1. The SMILES string of the molecule is Cc1ncon1.Cc1ncsc1C#N.Cc1nscc1C#N. The molecule has 3 heterocycles. The lowest BCUT2D eigenvalue weighted by Gasteiger charge is -1.74. The highest BCUT2D eigenvalue weighted by Gasteiger charge is 1.95. The summed E-state index contributed by atoms with van der Waals surface area (Å²) in [6, 6.07) is 4.05. The third-order valence-electron chi connectivity index (χ3n) is 2.19. The fraction of sp³-hybridized carbons (Fsp3) is 0.231. The van der Waals surface area contributed by atoms with E-state index in [1.807, 2.05) is 26.0 Å². The van der Waals surface area contributed by atoms with E-state index in [1.54, 1.807) is 17.8 Å². The van der Waals surface area contributed by atoms with Crippen molar-refractivity contribution in [3.8, 4) is 12.1 Å². The van der Waals surface area contributed by atoms with Crippen LogP contribution in [-0.2, 0) is 0 Å². The molecule has 3 rings (SSSR count). The number of nitriles is 2. The normalized spacial score (nSPS) is 8.59. The third kappa shape index (κ3) is 5.79. The van der Waals surface area contributed by atoms with Crippen LogP contribution in [0.3, 0.4) is 0 Å². The lowest BCUT2D eigenvalue weighted by molar-refractivity contribution is 0.412. The van der Waals surface area contributed by atoms with Crippen molar-refractivity contribution in [1.29, 1.82) is 10.5 Å². The molecule has 7 nitrogen and oxygen atoms in total. The van der Waals surface area contributed by atoms with Crippen LogP contribution >= 0.6 is 22.9 Å². The summed E-state index contributed by atoms with van der Waals surface area (Å²) in [7, 11) is 0. The Hall–Kier alpha value is -2.62. The zero-order chi connectivity index (χ0) is 16.4. The van der Waals surface area contributed by atoms with E-state index in [4.69, 9.17) is 10.5 Å². The predicted molar refractivity (Wildman–Crippen MR) is 82.2 cm³/mol. The molecule has 0 spiro atoms. The molecule has 0 amide bonds. The predicted octanol–water partition coefficient (Wildman–Crippen LogP) is 3.02. The van der Waals surface area contributed by atoms with Crippen LogP contribution in [0, 0.1) is 43.4 Å². The number of hydrogen-bond donors (Lipinski definition) is 0. The van der Waals surface area contributed by atoms with Crippen molar-refractivity contribution in [2.75, 3.05) is 0 Å². The Bertz CT molecular complexity index is 713. The summed E-state index contributed by atoms with van der Waals surface area (Å²) in [4.78, 5) is 8.24. The minimum atomic E-state index is 0.676.